The van der Waals surface area contributed by atoms with Gasteiger partial charge in [0.25, 0.3) is 0 Å². The van der Waals surface area contributed by atoms with Gasteiger partial charge in [-0.05, 0) is 56.1 Å². The van der Waals surface area contributed by atoms with E-state index in [-0.39, 0.29) is 17.5 Å². The zero-order chi connectivity index (χ0) is 22.0. The quantitative estimate of drug-likeness (QED) is 0.660. The topological polar surface area (TPSA) is 92.3 Å². The van der Waals surface area contributed by atoms with E-state index in [0.717, 1.165) is 25.5 Å². The summed E-state index contributed by atoms with van der Waals surface area (Å²) in [6, 6.07) is 9.02. The molecule has 6 nitrogen and oxygen atoms in total. The van der Waals surface area contributed by atoms with E-state index in [2.05, 4.69) is 10.0 Å². The van der Waals surface area contributed by atoms with Crippen LogP contribution in [0.5, 0.6) is 0 Å². The highest BCUT2D eigenvalue weighted by Crippen LogP contribution is 2.36. The van der Waals surface area contributed by atoms with Gasteiger partial charge in [-0.3, -0.25) is 0 Å². The maximum absolute atomic E-state index is 13.4. The normalized spacial score (nSPS) is 17.9. The largest absolute Gasteiger partial charge is 0.417 e. The predicted octanol–water partition coefficient (Wildman–Crippen LogP) is 2.96. The fourth-order valence-corrected chi connectivity index (χ4v) is 5.99. The van der Waals surface area contributed by atoms with Crippen LogP contribution in [-0.2, 0) is 26.0 Å². The Kier molecular flexibility index (Phi) is 6.56. The molecule has 0 aliphatic carbocycles. The van der Waals surface area contributed by atoms with Gasteiger partial charge in [-0.15, -0.1) is 0 Å². The molecule has 0 unspecified atom stereocenters. The molecule has 1 heterocycles. The summed E-state index contributed by atoms with van der Waals surface area (Å²) in [5.74, 6) is 0. The van der Waals surface area contributed by atoms with E-state index in [0.29, 0.717) is 18.6 Å². The molecule has 1 fully saturated rings. The molecule has 0 bridgehead atoms. The average molecular weight is 463 g/mol. The summed E-state index contributed by atoms with van der Waals surface area (Å²) in [5.41, 5.74) is -1.42. The predicted molar refractivity (Wildman–Crippen MR) is 104 cm³/mol. The number of rotatable bonds is 7. The number of hydrogen-bond donors (Lipinski definition) is 2. The van der Waals surface area contributed by atoms with Gasteiger partial charge in [0.1, 0.15) is 0 Å². The van der Waals surface area contributed by atoms with Crippen molar-refractivity contribution in [3.8, 4) is 0 Å². The summed E-state index contributed by atoms with van der Waals surface area (Å²) >= 11 is 0. The van der Waals surface area contributed by atoms with Crippen LogP contribution in [-0.4, -0.2) is 36.0 Å². The van der Waals surface area contributed by atoms with Crippen molar-refractivity contribution in [1.29, 1.82) is 0 Å². The fourth-order valence-electron chi connectivity index (χ4n) is 3.31. The molecule has 11 heteroatoms. The third-order valence-corrected chi connectivity index (χ3v) is 8.13. The summed E-state index contributed by atoms with van der Waals surface area (Å²) in [5, 5.41) is 3.17. The Labute approximate surface area is 173 Å². The second kappa shape index (κ2) is 8.66. The summed E-state index contributed by atoms with van der Waals surface area (Å²) in [7, 11) is -8.78. The van der Waals surface area contributed by atoms with Crippen LogP contribution in [0.15, 0.2) is 63.2 Å². The van der Waals surface area contributed by atoms with E-state index in [1.165, 1.54) is 24.3 Å². The van der Waals surface area contributed by atoms with Gasteiger partial charge in [0.05, 0.1) is 20.2 Å². The first-order valence-corrected chi connectivity index (χ1v) is 12.2. The lowest BCUT2D eigenvalue weighted by atomic mass is 10.2. The van der Waals surface area contributed by atoms with Gasteiger partial charge >= 0.3 is 6.18 Å². The van der Waals surface area contributed by atoms with Crippen LogP contribution in [0.25, 0.3) is 0 Å². The van der Waals surface area contributed by atoms with Crippen LogP contribution in [0.2, 0.25) is 0 Å². The average Bonchev–Trinajstić information content (AvgIpc) is 3.21. The van der Waals surface area contributed by atoms with Gasteiger partial charge in [0.15, 0.2) is 0 Å². The van der Waals surface area contributed by atoms with Crippen LogP contribution in [0.3, 0.4) is 0 Å². The Morgan fingerprint density at radius 1 is 1.00 bits per heavy atom. The molecule has 2 aromatic carbocycles. The number of sulfonamides is 1. The summed E-state index contributed by atoms with van der Waals surface area (Å²) in [4.78, 5) is -1.78. The molecule has 0 amide bonds. The first kappa shape index (κ1) is 22.7. The number of sulfone groups is 1. The number of halogens is 3. The zero-order valence-corrected chi connectivity index (χ0v) is 17.4. The van der Waals surface area contributed by atoms with Crippen LogP contribution >= 0.6 is 0 Å². The first-order chi connectivity index (χ1) is 14.0. The molecule has 1 aliphatic heterocycles. The molecule has 2 aromatic rings. The molecule has 0 spiro atoms. The van der Waals surface area contributed by atoms with Crippen molar-refractivity contribution in [3.05, 3.63) is 54.1 Å². The van der Waals surface area contributed by atoms with Gasteiger partial charge in [-0.25, -0.2) is 21.6 Å². The molecule has 0 radical (unpaired) electrons. The zero-order valence-electron chi connectivity index (χ0n) is 15.8. The second-order valence-electron chi connectivity index (χ2n) is 6.95. The Morgan fingerprint density at radius 2 is 1.70 bits per heavy atom. The third kappa shape index (κ3) is 5.02. The van der Waals surface area contributed by atoms with E-state index in [4.69, 9.17) is 0 Å². The van der Waals surface area contributed by atoms with Gasteiger partial charge < -0.3 is 5.32 Å². The minimum absolute atomic E-state index is 0.0625. The standard InChI is InChI=1S/C19H21F3N2O4S2/c20-19(21,22)17-9-8-16(29(25,26)15-6-2-1-3-7-15)13-18(17)30(27,28)24-12-10-14-5-4-11-23-14/h1-3,6-9,13-14,23-24H,4-5,10-12H2/t14-/m0/s1. The molecule has 164 valence electrons. The number of hydrogen-bond acceptors (Lipinski definition) is 5. The maximum Gasteiger partial charge on any atom is 0.417 e. The highest BCUT2D eigenvalue weighted by molar-refractivity contribution is 7.91. The number of alkyl halides is 3. The van der Waals surface area contributed by atoms with Crippen LogP contribution in [0.1, 0.15) is 24.8 Å². The highest BCUT2D eigenvalue weighted by atomic mass is 32.2. The minimum atomic E-state index is -4.97. The van der Waals surface area contributed by atoms with Gasteiger partial charge in [-0.1, -0.05) is 18.2 Å². The third-order valence-electron chi connectivity index (χ3n) is 4.86. The Bertz CT molecular complexity index is 1100. The highest BCUT2D eigenvalue weighted by Gasteiger charge is 2.38. The fraction of sp³-hybridized carbons (Fsp3) is 0.368. The molecule has 3 rings (SSSR count). The van der Waals surface area contributed by atoms with E-state index in [1.807, 2.05) is 0 Å². The van der Waals surface area contributed by atoms with Crippen molar-refractivity contribution >= 4 is 19.9 Å². The van der Waals surface area contributed by atoms with Crippen molar-refractivity contribution < 1.29 is 30.0 Å². The maximum atomic E-state index is 13.4. The van der Waals surface area contributed by atoms with E-state index in [9.17, 15) is 30.0 Å². The first-order valence-electron chi connectivity index (χ1n) is 9.26. The SMILES string of the molecule is O=S(=O)(NCC[C@@H]1CCCN1)c1cc(S(=O)(=O)c2ccccc2)ccc1C(F)(F)F. The Balaban J connectivity index is 1.97. The second-order valence-corrected chi connectivity index (χ2v) is 10.6. The molecule has 1 aliphatic rings. The molecule has 1 saturated heterocycles. The molecule has 1 atom stereocenters. The molecule has 2 N–H and O–H groups in total. The monoisotopic (exact) mass is 462 g/mol. The number of nitrogens with one attached hydrogen (secondary N) is 2. The summed E-state index contributed by atoms with van der Waals surface area (Å²) in [6.07, 6.45) is -2.73. The Morgan fingerprint density at radius 3 is 2.30 bits per heavy atom. The lowest BCUT2D eigenvalue weighted by Crippen LogP contribution is -2.31. The summed E-state index contributed by atoms with van der Waals surface area (Å²) < 4.78 is 93.3. The van der Waals surface area contributed by atoms with E-state index < -0.39 is 41.4 Å². The molecule has 0 saturated carbocycles. The number of benzene rings is 2. The van der Waals surface area contributed by atoms with Crippen molar-refractivity contribution in [3.63, 3.8) is 0 Å². The van der Waals surface area contributed by atoms with Crippen molar-refractivity contribution in [2.45, 2.75) is 46.2 Å². The Hall–Kier alpha value is -1.95. The van der Waals surface area contributed by atoms with E-state index >= 15 is 0 Å². The van der Waals surface area contributed by atoms with Crippen LogP contribution in [0, 0.1) is 0 Å². The summed E-state index contributed by atoms with van der Waals surface area (Å²) in [6.45, 7) is 0.752. The molecule has 30 heavy (non-hydrogen) atoms. The lowest BCUT2D eigenvalue weighted by molar-refractivity contribution is -0.139. The molecular weight excluding hydrogens is 441 g/mol. The smallest absolute Gasteiger partial charge is 0.314 e. The van der Waals surface area contributed by atoms with Gasteiger partial charge in [0, 0.05) is 12.6 Å². The molecular formula is C19H21F3N2O4S2. The van der Waals surface area contributed by atoms with Gasteiger partial charge in [0.2, 0.25) is 19.9 Å². The van der Waals surface area contributed by atoms with Crippen LogP contribution < -0.4 is 10.0 Å². The van der Waals surface area contributed by atoms with Crippen molar-refractivity contribution in [1.82, 2.24) is 10.0 Å². The molecule has 0 aromatic heterocycles. The van der Waals surface area contributed by atoms with Gasteiger partial charge in [-0.2, -0.15) is 13.2 Å². The lowest BCUT2D eigenvalue weighted by Gasteiger charge is -2.16. The van der Waals surface area contributed by atoms with Crippen molar-refractivity contribution in [2.75, 3.05) is 13.1 Å². The van der Waals surface area contributed by atoms with Crippen molar-refractivity contribution in [2.24, 2.45) is 0 Å². The van der Waals surface area contributed by atoms with Crippen LogP contribution in [0.4, 0.5) is 13.2 Å². The van der Waals surface area contributed by atoms with E-state index in [1.54, 1.807) is 6.07 Å². The minimum Gasteiger partial charge on any atom is -0.314 e.